The van der Waals surface area contributed by atoms with Crippen LogP contribution in [0, 0.1) is 17.3 Å². The fraction of sp³-hybridized carbons (Fsp3) is 0.276. The number of aromatic nitrogens is 1. The summed E-state index contributed by atoms with van der Waals surface area (Å²) >= 11 is 0. The van der Waals surface area contributed by atoms with Gasteiger partial charge in [0.15, 0.2) is 0 Å². The van der Waals surface area contributed by atoms with E-state index in [1.807, 2.05) is 77.6 Å². The molecule has 0 saturated heterocycles. The van der Waals surface area contributed by atoms with Crippen molar-refractivity contribution in [2.24, 2.45) is 5.41 Å². The summed E-state index contributed by atoms with van der Waals surface area (Å²) in [5, 5.41) is 3.04. The number of carbonyl (C=O) groups excluding carboxylic acids is 1. The number of anilines is 1. The Kier molecular flexibility index (Phi) is 8.29. The summed E-state index contributed by atoms with van der Waals surface area (Å²) in [4.78, 5) is 15.2. The summed E-state index contributed by atoms with van der Waals surface area (Å²) in [7, 11) is 0. The number of hydrogen-bond donors (Lipinski definition) is 1. The maximum Gasteiger partial charge on any atom is 0.255 e. The maximum atomic E-state index is 12.8. The van der Waals surface area contributed by atoms with Crippen LogP contribution < -0.4 is 5.32 Å². The Morgan fingerprint density at radius 1 is 1.06 bits per heavy atom. The summed E-state index contributed by atoms with van der Waals surface area (Å²) < 4.78 is 1.99. The van der Waals surface area contributed by atoms with Gasteiger partial charge in [0.2, 0.25) is 0 Å². The quantitative estimate of drug-likeness (QED) is 0.427. The van der Waals surface area contributed by atoms with Crippen LogP contribution in [0.15, 0.2) is 85.2 Å². The van der Waals surface area contributed by atoms with Crippen molar-refractivity contribution in [1.29, 1.82) is 0 Å². The standard InChI is InChI=1S/C29H33N3O/c1-5-31(18-8-6-7-17-29(2,3)4)23-24-13-11-15-26(21-24)30-28(33)25-14-12-16-27(22-25)32-19-9-10-20-32/h6,8-16,19-22H,5,18,23H2,1-4H3,(H,30,33)/b8-6+. The molecule has 0 aliphatic rings. The van der Waals surface area contributed by atoms with Gasteiger partial charge in [0.1, 0.15) is 0 Å². The van der Waals surface area contributed by atoms with Crippen LogP contribution in [0.1, 0.15) is 43.6 Å². The lowest BCUT2D eigenvalue weighted by atomic mass is 9.98. The molecule has 33 heavy (non-hydrogen) atoms. The van der Waals surface area contributed by atoms with Crippen molar-refractivity contribution < 1.29 is 4.79 Å². The molecule has 0 spiro atoms. The second kappa shape index (κ2) is 11.4. The lowest BCUT2D eigenvalue weighted by Gasteiger charge is -2.19. The van der Waals surface area contributed by atoms with Gasteiger partial charge in [0.05, 0.1) is 0 Å². The number of nitrogens with one attached hydrogen (secondary N) is 1. The van der Waals surface area contributed by atoms with Crippen LogP contribution in [0.3, 0.4) is 0 Å². The van der Waals surface area contributed by atoms with Crippen LogP contribution in [0.5, 0.6) is 0 Å². The third-order valence-electron chi connectivity index (χ3n) is 5.06. The fourth-order valence-electron chi connectivity index (χ4n) is 3.35. The molecule has 3 rings (SSSR count). The monoisotopic (exact) mass is 439 g/mol. The van der Waals surface area contributed by atoms with E-state index in [0.29, 0.717) is 5.56 Å². The molecule has 0 aliphatic heterocycles. The van der Waals surface area contributed by atoms with Gasteiger partial charge in [-0.1, -0.05) is 43.0 Å². The Hall–Kier alpha value is -3.55. The van der Waals surface area contributed by atoms with Crippen molar-refractivity contribution in [3.05, 3.63) is 96.3 Å². The van der Waals surface area contributed by atoms with Crippen LogP contribution in [0.4, 0.5) is 5.69 Å². The summed E-state index contributed by atoms with van der Waals surface area (Å²) in [6, 6.07) is 19.6. The van der Waals surface area contributed by atoms with Crippen molar-refractivity contribution in [3.8, 4) is 17.5 Å². The first-order chi connectivity index (χ1) is 15.8. The highest BCUT2D eigenvalue weighted by molar-refractivity contribution is 6.04. The molecule has 170 valence electrons. The summed E-state index contributed by atoms with van der Waals surface area (Å²) in [5.41, 5.74) is 3.56. The third-order valence-corrected chi connectivity index (χ3v) is 5.06. The second-order valence-electron chi connectivity index (χ2n) is 9.04. The van der Waals surface area contributed by atoms with E-state index in [-0.39, 0.29) is 11.3 Å². The Bertz CT molecular complexity index is 1140. The van der Waals surface area contributed by atoms with Crippen LogP contribution in [0.25, 0.3) is 5.69 Å². The zero-order chi connectivity index (χ0) is 23.7. The predicted octanol–water partition coefficient (Wildman–Crippen LogP) is 6.16. The van der Waals surface area contributed by atoms with Crippen molar-refractivity contribution >= 4 is 11.6 Å². The SMILES string of the molecule is CCN(C/C=C/C#CC(C)(C)C)Cc1cccc(NC(=O)c2cccc(-n3cccc3)c2)c1. The number of likely N-dealkylation sites (N-methyl/N-ethyl adjacent to an activating group) is 1. The smallest absolute Gasteiger partial charge is 0.255 e. The first-order valence-corrected chi connectivity index (χ1v) is 11.4. The molecule has 0 aliphatic carbocycles. The van der Waals surface area contributed by atoms with Crippen LogP contribution in [-0.2, 0) is 6.54 Å². The van der Waals surface area contributed by atoms with Crippen molar-refractivity contribution in [3.63, 3.8) is 0 Å². The number of rotatable bonds is 8. The van der Waals surface area contributed by atoms with E-state index in [2.05, 4.69) is 61.9 Å². The van der Waals surface area contributed by atoms with Gasteiger partial charge >= 0.3 is 0 Å². The van der Waals surface area contributed by atoms with Gasteiger partial charge in [-0.15, -0.1) is 0 Å². The normalized spacial score (nSPS) is 11.4. The van der Waals surface area contributed by atoms with E-state index < -0.39 is 0 Å². The summed E-state index contributed by atoms with van der Waals surface area (Å²) in [6.45, 7) is 11.0. The molecule has 1 amide bonds. The largest absolute Gasteiger partial charge is 0.324 e. The highest BCUT2D eigenvalue weighted by Gasteiger charge is 2.09. The zero-order valence-corrected chi connectivity index (χ0v) is 20.0. The molecule has 1 N–H and O–H groups in total. The van der Waals surface area contributed by atoms with Crippen LogP contribution >= 0.6 is 0 Å². The molecule has 4 heteroatoms. The number of carbonyl (C=O) groups is 1. The Balaban J connectivity index is 1.62. The Labute approximate surface area is 197 Å². The van der Waals surface area contributed by atoms with E-state index in [0.717, 1.165) is 36.6 Å². The number of benzene rings is 2. The van der Waals surface area contributed by atoms with E-state index in [4.69, 9.17) is 0 Å². The summed E-state index contributed by atoms with van der Waals surface area (Å²) in [6.07, 6.45) is 7.97. The fourth-order valence-corrected chi connectivity index (χ4v) is 3.35. The van der Waals surface area contributed by atoms with Gasteiger partial charge in [0.25, 0.3) is 5.91 Å². The number of nitrogens with zero attached hydrogens (tertiary/aromatic N) is 2. The van der Waals surface area contributed by atoms with Crippen molar-refractivity contribution in [2.75, 3.05) is 18.4 Å². The lowest BCUT2D eigenvalue weighted by Crippen LogP contribution is -2.23. The minimum atomic E-state index is -0.117. The van der Waals surface area contributed by atoms with Crippen molar-refractivity contribution in [1.82, 2.24) is 9.47 Å². The molecule has 0 bridgehead atoms. The topological polar surface area (TPSA) is 37.3 Å². The first kappa shape index (κ1) is 24.1. The van der Waals surface area contributed by atoms with E-state index in [1.54, 1.807) is 0 Å². The molecule has 0 fully saturated rings. The molecular formula is C29H33N3O. The molecule has 0 radical (unpaired) electrons. The average molecular weight is 440 g/mol. The van der Waals surface area contributed by atoms with E-state index >= 15 is 0 Å². The Morgan fingerprint density at radius 3 is 2.55 bits per heavy atom. The molecule has 1 heterocycles. The third kappa shape index (κ3) is 7.82. The van der Waals surface area contributed by atoms with Gasteiger partial charge in [0, 0.05) is 47.8 Å². The molecule has 0 unspecified atom stereocenters. The van der Waals surface area contributed by atoms with Gasteiger partial charge in [-0.2, -0.15) is 0 Å². The molecule has 2 aromatic carbocycles. The maximum absolute atomic E-state index is 12.8. The molecule has 0 atom stereocenters. The van der Waals surface area contributed by atoms with Gasteiger partial charge in [-0.05, 0) is 81.4 Å². The first-order valence-electron chi connectivity index (χ1n) is 11.4. The van der Waals surface area contributed by atoms with Crippen LogP contribution in [-0.4, -0.2) is 28.5 Å². The molecule has 1 aromatic heterocycles. The summed E-state index contributed by atoms with van der Waals surface area (Å²) in [5.74, 6) is 6.22. The number of allylic oxidation sites excluding steroid dienone is 1. The molecule has 0 saturated carbocycles. The molecule has 3 aromatic rings. The van der Waals surface area contributed by atoms with Gasteiger partial charge < -0.3 is 9.88 Å². The Morgan fingerprint density at radius 2 is 1.82 bits per heavy atom. The van der Waals surface area contributed by atoms with E-state index in [9.17, 15) is 4.79 Å². The lowest BCUT2D eigenvalue weighted by molar-refractivity contribution is 0.102. The van der Waals surface area contributed by atoms with Crippen LogP contribution in [0.2, 0.25) is 0 Å². The molecular weight excluding hydrogens is 406 g/mol. The van der Waals surface area contributed by atoms with Gasteiger partial charge in [-0.25, -0.2) is 0 Å². The van der Waals surface area contributed by atoms with Gasteiger partial charge in [-0.3, -0.25) is 9.69 Å². The number of amides is 1. The van der Waals surface area contributed by atoms with Crippen molar-refractivity contribution in [2.45, 2.75) is 34.2 Å². The predicted molar refractivity (Wildman–Crippen MR) is 137 cm³/mol. The zero-order valence-electron chi connectivity index (χ0n) is 20.0. The van der Waals surface area contributed by atoms with E-state index in [1.165, 1.54) is 0 Å². The highest BCUT2D eigenvalue weighted by atomic mass is 16.1. The minimum Gasteiger partial charge on any atom is -0.324 e. The highest BCUT2D eigenvalue weighted by Crippen LogP contribution is 2.16. The molecule has 4 nitrogen and oxygen atoms in total. The minimum absolute atomic E-state index is 0.0171. The average Bonchev–Trinajstić information content (AvgIpc) is 3.33. The second-order valence-corrected chi connectivity index (χ2v) is 9.04. The number of hydrogen-bond acceptors (Lipinski definition) is 2.